The van der Waals surface area contributed by atoms with Crippen LogP contribution in [0, 0.1) is 29.6 Å². The number of hydrogen-bond donors (Lipinski definition) is 1. The molecule has 0 radical (unpaired) electrons. The summed E-state index contributed by atoms with van der Waals surface area (Å²) in [5.41, 5.74) is 2.01. The number of hydrogen-bond acceptors (Lipinski definition) is 2. The molecule has 1 heterocycles. The molecule has 3 nitrogen and oxygen atoms in total. The summed E-state index contributed by atoms with van der Waals surface area (Å²) >= 11 is 6.47. The van der Waals surface area contributed by atoms with Gasteiger partial charge in [0.15, 0.2) is 0 Å². The van der Waals surface area contributed by atoms with Gasteiger partial charge < -0.3 is 5.11 Å². The van der Waals surface area contributed by atoms with Crippen LogP contribution in [0.5, 0.6) is 0 Å². The van der Waals surface area contributed by atoms with E-state index >= 15 is 0 Å². The molecule has 1 N–H and O–H groups in total. The molecular weight excluding hydrogens is 284 g/mol. The molecule has 21 heavy (non-hydrogen) atoms. The van der Waals surface area contributed by atoms with Crippen LogP contribution in [0.4, 0.5) is 0 Å². The molecule has 3 aliphatic carbocycles. The van der Waals surface area contributed by atoms with Gasteiger partial charge in [0.1, 0.15) is 0 Å². The maximum atomic E-state index is 10.7. The lowest BCUT2D eigenvalue weighted by atomic mass is 9.96. The highest BCUT2D eigenvalue weighted by Gasteiger charge is 2.66. The van der Waals surface area contributed by atoms with Gasteiger partial charge in [-0.3, -0.25) is 4.68 Å². The molecule has 4 rings (SSSR count). The average molecular weight is 309 g/mol. The minimum absolute atomic E-state index is 0.229. The second-order valence-corrected chi connectivity index (χ2v) is 7.59. The van der Waals surface area contributed by atoms with Gasteiger partial charge in [0.05, 0.1) is 22.5 Å². The number of rotatable bonds is 5. The van der Waals surface area contributed by atoms with Crippen LogP contribution in [0.2, 0.25) is 5.02 Å². The lowest BCUT2D eigenvalue weighted by Gasteiger charge is -2.16. The molecule has 116 valence electrons. The van der Waals surface area contributed by atoms with Gasteiger partial charge in [0.25, 0.3) is 0 Å². The molecule has 2 bridgehead atoms. The fourth-order valence-electron chi connectivity index (χ4n) is 5.45. The third-order valence-electron chi connectivity index (χ3n) is 6.34. The van der Waals surface area contributed by atoms with Crippen molar-refractivity contribution in [2.24, 2.45) is 29.6 Å². The molecule has 5 atom stereocenters. The molecule has 3 aliphatic rings. The first kappa shape index (κ1) is 14.1. The van der Waals surface area contributed by atoms with E-state index in [9.17, 15) is 5.11 Å². The molecule has 0 aromatic carbocycles. The second kappa shape index (κ2) is 4.99. The van der Waals surface area contributed by atoms with Crippen LogP contribution in [0.15, 0.2) is 0 Å². The summed E-state index contributed by atoms with van der Waals surface area (Å²) in [7, 11) is 0. The Balaban J connectivity index is 1.51. The fourth-order valence-corrected chi connectivity index (χ4v) is 5.80. The van der Waals surface area contributed by atoms with Crippen LogP contribution in [-0.2, 0) is 19.4 Å². The van der Waals surface area contributed by atoms with E-state index in [2.05, 4.69) is 18.9 Å². The number of fused-ring (bicyclic) bond motifs is 5. The van der Waals surface area contributed by atoms with Crippen LogP contribution in [0.25, 0.3) is 0 Å². The van der Waals surface area contributed by atoms with Crippen molar-refractivity contribution >= 4 is 11.6 Å². The van der Waals surface area contributed by atoms with Gasteiger partial charge in [0.2, 0.25) is 0 Å². The number of halogens is 1. The number of aryl methyl sites for hydroxylation is 2. The molecule has 5 unspecified atom stereocenters. The fraction of sp³-hybridized carbons (Fsp3) is 0.824. The smallest absolute Gasteiger partial charge is 0.0850 e. The zero-order valence-corrected chi connectivity index (χ0v) is 13.7. The summed E-state index contributed by atoms with van der Waals surface area (Å²) in [4.78, 5) is 0. The van der Waals surface area contributed by atoms with Crippen molar-refractivity contribution in [3.8, 4) is 0 Å². The van der Waals surface area contributed by atoms with E-state index in [-0.39, 0.29) is 6.10 Å². The lowest BCUT2D eigenvalue weighted by molar-refractivity contribution is 0.126. The molecule has 0 saturated heterocycles. The molecule has 3 fully saturated rings. The first-order valence-electron chi connectivity index (χ1n) is 8.57. The SMILES string of the molecule is CCc1nn(CC)c(CC(O)C2C3C4CCC(C4)C23)c1Cl. The summed E-state index contributed by atoms with van der Waals surface area (Å²) in [6, 6.07) is 0. The third kappa shape index (κ3) is 2.00. The predicted molar refractivity (Wildman–Crippen MR) is 83.3 cm³/mol. The Labute approximate surface area is 131 Å². The highest BCUT2D eigenvalue weighted by molar-refractivity contribution is 6.31. The van der Waals surface area contributed by atoms with E-state index in [1.165, 1.54) is 19.3 Å². The third-order valence-corrected chi connectivity index (χ3v) is 6.77. The summed E-state index contributed by atoms with van der Waals surface area (Å²) in [5, 5.41) is 16.1. The van der Waals surface area contributed by atoms with Crippen molar-refractivity contribution in [1.82, 2.24) is 9.78 Å². The maximum Gasteiger partial charge on any atom is 0.0850 e. The van der Waals surface area contributed by atoms with Gasteiger partial charge in [-0.2, -0.15) is 5.10 Å². The summed E-state index contributed by atoms with van der Waals surface area (Å²) in [6.45, 7) is 4.99. The maximum absolute atomic E-state index is 10.7. The van der Waals surface area contributed by atoms with Gasteiger partial charge in [-0.25, -0.2) is 0 Å². The Morgan fingerprint density at radius 3 is 2.52 bits per heavy atom. The van der Waals surface area contributed by atoms with Gasteiger partial charge in [-0.05, 0) is 62.2 Å². The predicted octanol–water partition coefficient (Wildman–Crippen LogP) is 3.31. The topological polar surface area (TPSA) is 38.0 Å². The highest BCUT2D eigenvalue weighted by Crippen LogP contribution is 2.70. The van der Waals surface area contributed by atoms with Crippen molar-refractivity contribution in [1.29, 1.82) is 0 Å². The van der Waals surface area contributed by atoms with Crippen LogP contribution in [0.1, 0.15) is 44.5 Å². The van der Waals surface area contributed by atoms with Crippen LogP contribution in [-0.4, -0.2) is 21.0 Å². The van der Waals surface area contributed by atoms with Crippen LogP contribution >= 0.6 is 11.6 Å². The summed E-state index contributed by atoms with van der Waals surface area (Å²) in [6.07, 6.45) is 5.55. The van der Waals surface area contributed by atoms with Crippen molar-refractivity contribution in [2.75, 3.05) is 0 Å². The Bertz CT molecular complexity index is 539. The summed E-state index contributed by atoms with van der Waals surface area (Å²) < 4.78 is 1.98. The normalized spacial score (nSPS) is 37.8. The second-order valence-electron chi connectivity index (χ2n) is 7.21. The minimum Gasteiger partial charge on any atom is -0.392 e. The van der Waals surface area contributed by atoms with E-state index in [0.717, 1.165) is 53.0 Å². The molecule has 1 aromatic heterocycles. The zero-order chi connectivity index (χ0) is 14.7. The van der Waals surface area contributed by atoms with Crippen molar-refractivity contribution in [3.63, 3.8) is 0 Å². The van der Waals surface area contributed by atoms with Gasteiger partial charge in [0, 0.05) is 13.0 Å². The highest BCUT2D eigenvalue weighted by atomic mass is 35.5. The Hall–Kier alpha value is -0.540. The average Bonchev–Trinajstić information content (AvgIpc) is 2.78. The van der Waals surface area contributed by atoms with Gasteiger partial charge in [-0.1, -0.05) is 18.5 Å². The van der Waals surface area contributed by atoms with Crippen molar-refractivity contribution < 1.29 is 5.11 Å². The van der Waals surface area contributed by atoms with Crippen molar-refractivity contribution in [3.05, 3.63) is 16.4 Å². The Morgan fingerprint density at radius 2 is 1.95 bits per heavy atom. The van der Waals surface area contributed by atoms with Crippen molar-refractivity contribution in [2.45, 2.75) is 58.6 Å². The molecule has 1 aromatic rings. The van der Waals surface area contributed by atoms with E-state index in [1.54, 1.807) is 0 Å². The van der Waals surface area contributed by atoms with E-state index in [0.29, 0.717) is 12.3 Å². The first-order chi connectivity index (χ1) is 10.2. The Kier molecular flexibility index (Phi) is 3.34. The zero-order valence-electron chi connectivity index (χ0n) is 12.9. The quantitative estimate of drug-likeness (QED) is 0.906. The van der Waals surface area contributed by atoms with Crippen LogP contribution < -0.4 is 0 Å². The standard InChI is InChI=1S/C17H25ClN2O/c1-3-11-17(18)12(20(4-2)19-11)8-13(21)16-14-9-5-6-10(7-9)15(14)16/h9-10,13-16,21H,3-8H2,1-2H3. The van der Waals surface area contributed by atoms with Gasteiger partial charge in [-0.15, -0.1) is 0 Å². The molecule has 3 saturated carbocycles. The monoisotopic (exact) mass is 308 g/mol. The molecular formula is C17H25ClN2O. The van der Waals surface area contributed by atoms with Gasteiger partial charge >= 0.3 is 0 Å². The molecule has 4 heteroatoms. The first-order valence-corrected chi connectivity index (χ1v) is 8.95. The Morgan fingerprint density at radius 1 is 1.29 bits per heavy atom. The van der Waals surface area contributed by atoms with Crippen LogP contribution in [0.3, 0.4) is 0 Å². The van der Waals surface area contributed by atoms with E-state index in [1.807, 2.05) is 4.68 Å². The number of nitrogens with zero attached hydrogens (tertiary/aromatic N) is 2. The van der Waals surface area contributed by atoms with E-state index < -0.39 is 0 Å². The lowest BCUT2D eigenvalue weighted by Crippen LogP contribution is -2.20. The molecule has 0 amide bonds. The largest absolute Gasteiger partial charge is 0.392 e. The van der Waals surface area contributed by atoms with E-state index in [4.69, 9.17) is 11.6 Å². The molecule has 0 aliphatic heterocycles. The minimum atomic E-state index is -0.229. The summed E-state index contributed by atoms with van der Waals surface area (Å²) in [5.74, 6) is 4.01. The molecule has 0 spiro atoms. The number of aliphatic hydroxyl groups excluding tert-OH is 1. The number of aliphatic hydroxyl groups is 1. The number of aromatic nitrogens is 2.